The second kappa shape index (κ2) is 3.02. The predicted octanol–water partition coefficient (Wildman–Crippen LogP) is -0.798. The maximum atomic E-state index is 5.21. The molecule has 1 rings (SSSR count). The monoisotopic (exact) mass is 115 g/mol. The predicted molar refractivity (Wildman–Crippen MR) is 33.2 cm³/mol. The Balaban J connectivity index is 2.13. The maximum absolute atomic E-state index is 5.21. The lowest BCUT2D eigenvalue weighted by Crippen LogP contribution is -2.46. The molecule has 0 spiro atoms. The average Bonchev–Trinajstić information content (AvgIpc) is 1.90. The molecule has 0 aliphatic carbocycles. The van der Waals surface area contributed by atoms with Gasteiger partial charge in [0.1, 0.15) is 0 Å². The van der Waals surface area contributed by atoms with Gasteiger partial charge in [0.05, 0.1) is 0 Å². The van der Waals surface area contributed by atoms with Crippen molar-refractivity contribution < 1.29 is 0 Å². The van der Waals surface area contributed by atoms with E-state index in [-0.39, 0.29) is 0 Å². The van der Waals surface area contributed by atoms with Crippen LogP contribution in [0.3, 0.4) is 0 Å². The molecule has 0 amide bonds. The van der Waals surface area contributed by atoms with Gasteiger partial charge in [-0.2, -0.15) is 0 Å². The summed E-state index contributed by atoms with van der Waals surface area (Å²) >= 11 is 0. The summed E-state index contributed by atoms with van der Waals surface area (Å²) in [5, 5.41) is 3.24. The second-order valence-electron chi connectivity index (χ2n) is 2.21. The maximum Gasteiger partial charge on any atom is 0.0335 e. The molecule has 0 aromatic heterocycles. The summed E-state index contributed by atoms with van der Waals surface area (Å²) < 4.78 is 0. The van der Waals surface area contributed by atoms with Gasteiger partial charge in [0.15, 0.2) is 0 Å². The summed E-state index contributed by atoms with van der Waals surface area (Å²) in [5.74, 6) is 5.21. The van der Waals surface area contributed by atoms with Crippen molar-refractivity contribution in [2.75, 3.05) is 13.1 Å². The first kappa shape index (κ1) is 6.01. The normalized spacial score (nSPS) is 30.4. The van der Waals surface area contributed by atoms with E-state index in [2.05, 4.69) is 10.7 Å². The van der Waals surface area contributed by atoms with Crippen LogP contribution in [-0.2, 0) is 0 Å². The van der Waals surface area contributed by atoms with Crippen LogP contribution in [0.2, 0.25) is 0 Å². The van der Waals surface area contributed by atoms with E-state index in [9.17, 15) is 0 Å². The molecular weight excluding hydrogens is 102 g/mol. The third-order valence-corrected chi connectivity index (χ3v) is 1.53. The Kier molecular flexibility index (Phi) is 2.27. The van der Waals surface area contributed by atoms with E-state index in [4.69, 9.17) is 5.84 Å². The minimum Gasteiger partial charge on any atom is -0.315 e. The first-order valence-electron chi connectivity index (χ1n) is 3.10. The lowest BCUT2D eigenvalue weighted by Gasteiger charge is -2.21. The number of nitrogens with one attached hydrogen (secondary N) is 2. The van der Waals surface area contributed by atoms with Crippen LogP contribution < -0.4 is 16.6 Å². The van der Waals surface area contributed by atoms with Gasteiger partial charge in [-0.1, -0.05) is 0 Å². The highest BCUT2D eigenvalue weighted by molar-refractivity contribution is 4.71. The third-order valence-electron chi connectivity index (χ3n) is 1.53. The fraction of sp³-hybridized carbons (Fsp3) is 1.00. The van der Waals surface area contributed by atoms with Crippen molar-refractivity contribution in [3.8, 4) is 0 Å². The summed E-state index contributed by atoms with van der Waals surface area (Å²) in [7, 11) is 0. The van der Waals surface area contributed by atoms with Crippen LogP contribution in [0.25, 0.3) is 0 Å². The minimum absolute atomic E-state index is 0.503. The highest BCUT2D eigenvalue weighted by Crippen LogP contribution is 1.98. The van der Waals surface area contributed by atoms with E-state index in [0.29, 0.717) is 6.04 Å². The lowest BCUT2D eigenvalue weighted by molar-refractivity contribution is 0.396. The molecule has 3 nitrogen and oxygen atoms in total. The third kappa shape index (κ3) is 1.43. The molecule has 1 saturated heterocycles. The molecule has 1 heterocycles. The van der Waals surface area contributed by atoms with Crippen molar-refractivity contribution in [2.45, 2.75) is 18.9 Å². The first-order chi connectivity index (χ1) is 3.93. The Morgan fingerprint density at radius 2 is 2.50 bits per heavy atom. The largest absolute Gasteiger partial charge is 0.315 e. The van der Waals surface area contributed by atoms with Crippen molar-refractivity contribution in [2.24, 2.45) is 5.84 Å². The van der Waals surface area contributed by atoms with Gasteiger partial charge >= 0.3 is 0 Å². The van der Waals surface area contributed by atoms with E-state index in [1.54, 1.807) is 0 Å². The van der Waals surface area contributed by atoms with Crippen LogP contribution in [0.5, 0.6) is 0 Å². The first-order valence-corrected chi connectivity index (χ1v) is 3.10. The van der Waals surface area contributed by atoms with E-state index < -0.39 is 0 Å². The van der Waals surface area contributed by atoms with Crippen molar-refractivity contribution in [3.63, 3.8) is 0 Å². The molecule has 8 heavy (non-hydrogen) atoms. The number of piperidine rings is 1. The van der Waals surface area contributed by atoms with Crippen molar-refractivity contribution in [1.29, 1.82) is 0 Å². The molecule has 0 unspecified atom stereocenters. The number of hydrazine groups is 1. The topological polar surface area (TPSA) is 50.1 Å². The molecule has 1 aliphatic heterocycles. The summed E-state index contributed by atoms with van der Waals surface area (Å²) in [6, 6.07) is 0.503. The van der Waals surface area contributed by atoms with E-state index in [1.165, 1.54) is 12.8 Å². The Hall–Kier alpha value is -0.120. The van der Waals surface area contributed by atoms with Crippen LogP contribution in [-0.4, -0.2) is 19.1 Å². The van der Waals surface area contributed by atoms with Gasteiger partial charge in [-0.3, -0.25) is 11.3 Å². The summed E-state index contributed by atoms with van der Waals surface area (Å²) in [6.45, 7) is 2.18. The highest BCUT2D eigenvalue weighted by atomic mass is 15.2. The molecule has 1 atom stereocenters. The number of hydrogen-bond donors (Lipinski definition) is 3. The summed E-state index contributed by atoms with van der Waals surface area (Å²) in [5.41, 5.74) is 2.74. The lowest BCUT2D eigenvalue weighted by atomic mass is 10.1. The van der Waals surface area contributed by atoms with E-state index >= 15 is 0 Å². The van der Waals surface area contributed by atoms with Gasteiger partial charge in [-0.25, -0.2) is 0 Å². The van der Waals surface area contributed by atoms with Crippen LogP contribution in [0, 0.1) is 0 Å². The van der Waals surface area contributed by atoms with Gasteiger partial charge in [0.25, 0.3) is 0 Å². The van der Waals surface area contributed by atoms with Crippen LogP contribution in [0.1, 0.15) is 12.8 Å². The quantitative estimate of drug-likeness (QED) is 0.310. The molecule has 0 saturated carbocycles. The Morgan fingerprint density at radius 3 is 2.88 bits per heavy atom. The zero-order valence-corrected chi connectivity index (χ0v) is 4.98. The SMILES string of the molecule is NN[C@@H]1CCCNC1. The molecular formula is C5H13N3. The molecule has 3 heteroatoms. The zero-order chi connectivity index (χ0) is 5.82. The van der Waals surface area contributed by atoms with Crippen LogP contribution in [0.15, 0.2) is 0 Å². The molecule has 1 aliphatic rings. The van der Waals surface area contributed by atoms with Crippen molar-refractivity contribution in [3.05, 3.63) is 0 Å². The van der Waals surface area contributed by atoms with Gasteiger partial charge in [-0.05, 0) is 19.4 Å². The van der Waals surface area contributed by atoms with Gasteiger partial charge in [0, 0.05) is 12.6 Å². The van der Waals surface area contributed by atoms with Crippen molar-refractivity contribution in [1.82, 2.24) is 10.7 Å². The van der Waals surface area contributed by atoms with Gasteiger partial charge < -0.3 is 5.32 Å². The van der Waals surface area contributed by atoms with Crippen LogP contribution >= 0.6 is 0 Å². The van der Waals surface area contributed by atoms with Crippen LogP contribution in [0.4, 0.5) is 0 Å². The van der Waals surface area contributed by atoms with E-state index in [0.717, 1.165) is 13.1 Å². The number of nitrogens with two attached hydrogens (primary N) is 1. The fourth-order valence-electron chi connectivity index (χ4n) is 0.994. The summed E-state index contributed by atoms with van der Waals surface area (Å²) in [4.78, 5) is 0. The summed E-state index contributed by atoms with van der Waals surface area (Å²) in [6.07, 6.45) is 2.46. The standard InChI is InChI=1S/C5H13N3/c6-8-5-2-1-3-7-4-5/h5,7-8H,1-4,6H2/t5-/m1/s1. The molecule has 0 aromatic carbocycles. The molecule has 48 valence electrons. The molecule has 4 N–H and O–H groups in total. The molecule has 1 fully saturated rings. The molecule has 0 bridgehead atoms. The van der Waals surface area contributed by atoms with Crippen molar-refractivity contribution >= 4 is 0 Å². The molecule has 0 radical (unpaired) electrons. The smallest absolute Gasteiger partial charge is 0.0335 e. The highest BCUT2D eigenvalue weighted by Gasteiger charge is 2.08. The fourth-order valence-corrected chi connectivity index (χ4v) is 0.994. The minimum atomic E-state index is 0.503. The Bertz CT molecular complexity index is 58.7. The zero-order valence-electron chi connectivity index (χ0n) is 4.98. The Morgan fingerprint density at radius 1 is 1.62 bits per heavy atom. The van der Waals surface area contributed by atoms with Gasteiger partial charge in [-0.15, -0.1) is 0 Å². The average molecular weight is 115 g/mol. The molecule has 0 aromatic rings. The number of hydrogen-bond acceptors (Lipinski definition) is 3. The Labute approximate surface area is 49.6 Å². The number of rotatable bonds is 1. The van der Waals surface area contributed by atoms with E-state index in [1.807, 2.05) is 0 Å². The second-order valence-corrected chi connectivity index (χ2v) is 2.21. The van der Waals surface area contributed by atoms with Gasteiger partial charge in [0.2, 0.25) is 0 Å².